The number of nitrogens with zero attached hydrogens (tertiary/aromatic N) is 3. The Balaban J connectivity index is 1.48. The smallest absolute Gasteiger partial charge is 0.341 e. The Hall–Kier alpha value is -2.66. The van der Waals surface area contributed by atoms with Crippen molar-refractivity contribution in [3.8, 4) is 0 Å². The van der Waals surface area contributed by atoms with Crippen molar-refractivity contribution in [1.82, 2.24) is 14.8 Å². The molecule has 6 heteroatoms. The van der Waals surface area contributed by atoms with Crippen molar-refractivity contribution >= 4 is 17.6 Å². The van der Waals surface area contributed by atoms with Crippen molar-refractivity contribution in [2.45, 2.75) is 19.4 Å². The van der Waals surface area contributed by atoms with Gasteiger partial charge in [-0.3, -0.25) is 9.67 Å². The molecule has 0 aliphatic rings. The number of carbonyl (C=O) groups is 1. The second kappa shape index (κ2) is 8.44. The molecule has 0 amide bonds. The fourth-order valence-corrected chi connectivity index (χ4v) is 2.63. The largest absolute Gasteiger partial charge is 0.462 e. The molecule has 0 spiro atoms. The fraction of sp³-hybridized carbons (Fsp3) is 0.211. The third-order valence-electron chi connectivity index (χ3n) is 3.75. The minimum absolute atomic E-state index is 0.361. The molecule has 0 fully saturated rings. The van der Waals surface area contributed by atoms with E-state index in [0.717, 1.165) is 18.4 Å². The molecule has 0 saturated carbocycles. The van der Waals surface area contributed by atoms with Crippen LogP contribution in [0, 0.1) is 0 Å². The summed E-state index contributed by atoms with van der Waals surface area (Å²) in [5, 5.41) is 4.88. The van der Waals surface area contributed by atoms with Gasteiger partial charge in [-0.25, -0.2) is 4.79 Å². The first-order chi connectivity index (χ1) is 12.2. The molecule has 0 radical (unpaired) electrons. The van der Waals surface area contributed by atoms with Gasteiger partial charge in [0.1, 0.15) is 0 Å². The van der Waals surface area contributed by atoms with Crippen LogP contribution >= 0.6 is 11.6 Å². The van der Waals surface area contributed by atoms with E-state index in [9.17, 15) is 4.79 Å². The average Bonchev–Trinajstić information content (AvgIpc) is 3.10. The summed E-state index contributed by atoms with van der Waals surface area (Å²) >= 11 is 6.14. The van der Waals surface area contributed by atoms with Gasteiger partial charge in [0, 0.05) is 23.6 Å². The van der Waals surface area contributed by atoms with Gasteiger partial charge in [0.2, 0.25) is 0 Å². The van der Waals surface area contributed by atoms with E-state index in [1.807, 2.05) is 36.4 Å². The van der Waals surface area contributed by atoms with E-state index in [-0.39, 0.29) is 5.97 Å². The number of esters is 1. The van der Waals surface area contributed by atoms with Crippen LogP contribution in [0.1, 0.15) is 27.9 Å². The van der Waals surface area contributed by atoms with Crippen LogP contribution in [-0.2, 0) is 17.7 Å². The monoisotopic (exact) mass is 355 g/mol. The van der Waals surface area contributed by atoms with Gasteiger partial charge >= 0.3 is 5.97 Å². The topological polar surface area (TPSA) is 57.0 Å². The van der Waals surface area contributed by atoms with Crippen LogP contribution in [0.4, 0.5) is 0 Å². The predicted molar refractivity (Wildman–Crippen MR) is 95.6 cm³/mol. The van der Waals surface area contributed by atoms with Crippen molar-refractivity contribution in [2.24, 2.45) is 0 Å². The quantitative estimate of drug-likeness (QED) is 0.478. The second-order valence-electron chi connectivity index (χ2n) is 5.61. The molecule has 5 nitrogen and oxygen atoms in total. The maximum Gasteiger partial charge on any atom is 0.341 e. The van der Waals surface area contributed by atoms with E-state index in [0.29, 0.717) is 23.7 Å². The highest BCUT2D eigenvalue weighted by Gasteiger charge is 2.11. The van der Waals surface area contributed by atoms with Gasteiger partial charge in [0.05, 0.1) is 24.9 Å². The van der Waals surface area contributed by atoms with Gasteiger partial charge in [-0.1, -0.05) is 29.8 Å². The maximum atomic E-state index is 12.1. The molecule has 2 aromatic heterocycles. The molecule has 0 saturated heterocycles. The Morgan fingerprint density at radius 1 is 1.16 bits per heavy atom. The zero-order valence-electron chi connectivity index (χ0n) is 13.6. The van der Waals surface area contributed by atoms with Gasteiger partial charge in [-0.2, -0.15) is 5.10 Å². The Morgan fingerprint density at radius 3 is 2.76 bits per heavy atom. The first kappa shape index (κ1) is 17.2. The van der Waals surface area contributed by atoms with E-state index < -0.39 is 0 Å². The minimum atomic E-state index is -0.361. The van der Waals surface area contributed by atoms with Crippen molar-refractivity contribution < 1.29 is 9.53 Å². The first-order valence-electron chi connectivity index (χ1n) is 8.04. The van der Waals surface area contributed by atoms with E-state index in [2.05, 4.69) is 10.1 Å². The third-order valence-corrected chi connectivity index (χ3v) is 4.12. The van der Waals surface area contributed by atoms with Crippen LogP contribution in [0.25, 0.3) is 0 Å². The molecule has 3 rings (SSSR count). The number of ether oxygens (including phenoxy) is 1. The Bertz CT molecular complexity index is 833. The lowest BCUT2D eigenvalue weighted by molar-refractivity contribution is 0.0500. The summed E-state index contributed by atoms with van der Waals surface area (Å²) in [4.78, 5) is 16.1. The number of hydrogen-bond donors (Lipinski definition) is 0. The Morgan fingerprint density at radius 2 is 1.96 bits per heavy atom. The lowest BCUT2D eigenvalue weighted by Gasteiger charge is -2.04. The first-order valence-corrected chi connectivity index (χ1v) is 8.42. The summed E-state index contributed by atoms with van der Waals surface area (Å²) < 4.78 is 6.98. The predicted octanol–water partition coefficient (Wildman–Crippen LogP) is 3.77. The van der Waals surface area contributed by atoms with Gasteiger partial charge in [0.25, 0.3) is 0 Å². The summed E-state index contributed by atoms with van der Waals surface area (Å²) in [7, 11) is 0. The molecule has 3 aromatic rings. The molecule has 0 aliphatic heterocycles. The number of benzene rings is 1. The highest BCUT2D eigenvalue weighted by atomic mass is 35.5. The summed E-state index contributed by atoms with van der Waals surface area (Å²) in [5.74, 6) is -0.361. The Kier molecular flexibility index (Phi) is 5.80. The van der Waals surface area contributed by atoms with E-state index >= 15 is 0 Å². The summed E-state index contributed by atoms with van der Waals surface area (Å²) in [6.07, 6.45) is 8.32. The van der Waals surface area contributed by atoms with E-state index in [1.165, 1.54) is 11.8 Å². The minimum Gasteiger partial charge on any atom is -0.462 e. The lowest BCUT2D eigenvalue weighted by Crippen LogP contribution is -2.06. The van der Waals surface area contributed by atoms with Crippen molar-refractivity contribution in [3.63, 3.8) is 0 Å². The zero-order valence-corrected chi connectivity index (χ0v) is 14.4. The number of hydrogen-bond acceptors (Lipinski definition) is 4. The molecule has 2 heterocycles. The number of rotatable bonds is 7. The SMILES string of the molecule is O=C(OCCCc1ccncc1)c1cnn(Cc2ccccc2Cl)c1. The van der Waals surface area contributed by atoms with Gasteiger partial charge in [-0.05, 0) is 42.2 Å². The number of carbonyl (C=O) groups excluding carboxylic acids is 1. The van der Waals surface area contributed by atoms with Crippen LogP contribution in [0.2, 0.25) is 5.02 Å². The van der Waals surface area contributed by atoms with Gasteiger partial charge < -0.3 is 4.74 Å². The number of aromatic nitrogens is 3. The number of aryl methyl sites for hydroxylation is 1. The molecule has 0 atom stereocenters. The van der Waals surface area contributed by atoms with Gasteiger partial charge in [0.15, 0.2) is 0 Å². The maximum absolute atomic E-state index is 12.1. The molecular weight excluding hydrogens is 338 g/mol. The van der Waals surface area contributed by atoms with Crippen LogP contribution in [0.5, 0.6) is 0 Å². The van der Waals surface area contributed by atoms with E-state index in [4.69, 9.17) is 16.3 Å². The Labute approximate surface area is 151 Å². The summed E-state index contributed by atoms with van der Waals surface area (Å²) in [6.45, 7) is 0.881. The average molecular weight is 356 g/mol. The van der Waals surface area contributed by atoms with Crippen molar-refractivity contribution in [2.75, 3.05) is 6.61 Å². The van der Waals surface area contributed by atoms with Crippen LogP contribution < -0.4 is 0 Å². The summed E-state index contributed by atoms with van der Waals surface area (Å²) in [6, 6.07) is 11.5. The molecule has 0 unspecified atom stereocenters. The molecule has 0 bridgehead atoms. The van der Waals surface area contributed by atoms with E-state index in [1.54, 1.807) is 23.3 Å². The zero-order chi connectivity index (χ0) is 17.5. The molecule has 128 valence electrons. The van der Waals surface area contributed by atoms with Crippen molar-refractivity contribution in [1.29, 1.82) is 0 Å². The second-order valence-corrected chi connectivity index (χ2v) is 6.02. The molecule has 1 aromatic carbocycles. The van der Waals surface area contributed by atoms with Crippen LogP contribution in [-0.4, -0.2) is 27.3 Å². The molecule has 0 aliphatic carbocycles. The van der Waals surface area contributed by atoms with Crippen molar-refractivity contribution in [3.05, 3.63) is 82.9 Å². The fourth-order valence-electron chi connectivity index (χ4n) is 2.43. The highest BCUT2D eigenvalue weighted by Crippen LogP contribution is 2.16. The summed E-state index contributed by atoms with van der Waals surface area (Å²) in [5.41, 5.74) is 2.57. The number of pyridine rings is 1. The number of halogens is 1. The van der Waals surface area contributed by atoms with Crippen LogP contribution in [0.3, 0.4) is 0 Å². The highest BCUT2D eigenvalue weighted by molar-refractivity contribution is 6.31. The standard InChI is InChI=1S/C19H18ClN3O2/c20-18-6-2-1-5-16(18)13-23-14-17(12-22-23)19(24)25-11-3-4-15-7-9-21-10-8-15/h1-2,5-10,12,14H,3-4,11,13H2. The van der Waals surface area contributed by atoms with Crippen LogP contribution in [0.15, 0.2) is 61.2 Å². The third kappa shape index (κ3) is 4.90. The van der Waals surface area contributed by atoms with Gasteiger partial charge in [-0.15, -0.1) is 0 Å². The lowest BCUT2D eigenvalue weighted by atomic mass is 10.1. The molecule has 0 N–H and O–H groups in total. The molecular formula is C19H18ClN3O2. The molecule has 25 heavy (non-hydrogen) atoms. The normalized spacial score (nSPS) is 10.6.